The maximum Gasteiger partial charge on any atom is 0.335 e. The average Bonchev–Trinajstić information content (AvgIpc) is 2.66. The van der Waals surface area contributed by atoms with Gasteiger partial charge in [0.25, 0.3) is 11.8 Å². The number of para-hydroxylation sites is 1. The summed E-state index contributed by atoms with van der Waals surface area (Å²) in [6.45, 7) is 0. The minimum Gasteiger partial charge on any atom is -0.507 e. The lowest BCUT2D eigenvalue weighted by atomic mass is 10.1. The lowest BCUT2D eigenvalue weighted by Crippen LogP contribution is -2.58. The Kier molecular flexibility index (Phi) is 5.37. The summed E-state index contributed by atoms with van der Waals surface area (Å²) >= 11 is 5.80. The van der Waals surface area contributed by atoms with Gasteiger partial charge in [-0.05, 0) is 36.4 Å². The Labute approximate surface area is 163 Å². The van der Waals surface area contributed by atoms with E-state index in [4.69, 9.17) is 11.6 Å². The van der Waals surface area contributed by atoms with Crippen LogP contribution in [0.5, 0.6) is 5.75 Å². The third kappa shape index (κ3) is 3.84. The van der Waals surface area contributed by atoms with Crippen molar-refractivity contribution in [2.75, 3.05) is 4.90 Å². The SMILES string of the molecule is O=C(N/N=C\[C@H]1C(=O)NC(=O)N(c2ccc(Cl)cc2)C1=O)c1ccccc1O. The third-order valence-electron chi connectivity index (χ3n) is 3.83. The van der Waals surface area contributed by atoms with Crippen molar-refractivity contribution in [2.45, 2.75) is 0 Å². The Hall–Kier alpha value is -3.72. The van der Waals surface area contributed by atoms with Crippen molar-refractivity contribution in [3.8, 4) is 5.75 Å². The molecule has 0 bridgehead atoms. The smallest absolute Gasteiger partial charge is 0.335 e. The number of benzene rings is 2. The van der Waals surface area contributed by atoms with Crippen LogP contribution in [0.2, 0.25) is 5.02 Å². The second-order valence-corrected chi connectivity index (χ2v) is 6.09. The Morgan fingerprint density at radius 2 is 1.82 bits per heavy atom. The molecular weight excluding hydrogens is 388 g/mol. The first-order chi connectivity index (χ1) is 13.4. The molecule has 10 heteroatoms. The van der Waals surface area contributed by atoms with E-state index in [1.54, 1.807) is 12.1 Å². The zero-order chi connectivity index (χ0) is 20.3. The van der Waals surface area contributed by atoms with E-state index < -0.39 is 29.7 Å². The number of hydrogen-bond acceptors (Lipinski definition) is 6. The largest absolute Gasteiger partial charge is 0.507 e. The summed E-state index contributed by atoms with van der Waals surface area (Å²) in [5, 5.41) is 15.7. The summed E-state index contributed by atoms with van der Waals surface area (Å²) in [4.78, 5) is 49.4. The van der Waals surface area contributed by atoms with Gasteiger partial charge in [-0.15, -0.1) is 0 Å². The van der Waals surface area contributed by atoms with Crippen LogP contribution in [0.25, 0.3) is 0 Å². The first-order valence-corrected chi connectivity index (χ1v) is 8.32. The van der Waals surface area contributed by atoms with Gasteiger partial charge in [-0.1, -0.05) is 23.7 Å². The number of hydrazone groups is 1. The molecule has 3 N–H and O–H groups in total. The molecule has 0 unspecified atom stereocenters. The van der Waals surface area contributed by atoms with Gasteiger partial charge < -0.3 is 5.11 Å². The van der Waals surface area contributed by atoms with Crippen molar-refractivity contribution in [2.24, 2.45) is 11.0 Å². The summed E-state index contributed by atoms with van der Waals surface area (Å²) in [7, 11) is 0. The van der Waals surface area contributed by atoms with Gasteiger partial charge in [0, 0.05) is 11.2 Å². The number of nitrogens with zero attached hydrogens (tertiary/aromatic N) is 2. The number of carbonyl (C=O) groups is 4. The molecule has 2 aromatic rings. The summed E-state index contributed by atoms with van der Waals surface area (Å²) in [5.74, 6) is -4.12. The summed E-state index contributed by atoms with van der Waals surface area (Å²) in [6.07, 6.45) is 0.908. The number of nitrogens with one attached hydrogen (secondary N) is 2. The minimum absolute atomic E-state index is 0.0305. The van der Waals surface area contributed by atoms with E-state index in [1.165, 1.54) is 36.4 Å². The number of anilines is 1. The number of aromatic hydroxyl groups is 1. The second-order valence-electron chi connectivity index (χ2n) is 5.66. The van der Waals surface area contributed by atoms with E-state index in [9.17, 15) is 24.3 Å². The van der Waals surface area contributed by atoms with Gasteiger partial charge in [-0.3, -0.25) is 19.7 Å². The predicted octanol–water partition coefficient (Wildman–Crippen LogP) is 1.66. The van der Waals surface area contributed by atoms with Gasteiger partial charge in [-0.2, -0.15) is 5.10 Å². The molecule has 0 spiro atoms. The number of halogens is 1. The number of phenols is 1. The predicted molar refractivity (Wildman–Crippen MR) is 100 cm³/mol. The van der Waals surface area contributed by atoms with Gasteiger partial charge >= 0.3 is 6.03 Å². The van der Waals surface area contributed by atoms with E-state index in [1.807, 2.05) is 0 Å². The van der Waals surface area contributed by atoms with Gasteiger partial charge in [-0.25, -0.2) is 15.1 Å². The second kappa shape index (κ2) is 7.89. The van der Waals surface area contributed by atoms with Crippen LogP contribution in [0, 0.1) is 5.92 Å². The zero-order valence-electron chi connectivity index (χ0n) is 14.1. The fourth-order valence-corrected chi connectivity index (χ4v) is 2.58. The fourth-order valence-electron chi connectivity index (χ4n) is 2.45. The van der Waals surface area contributed by atoms with Gasteiger partial charge in [0.2, 0.25) is 5.91 Å². The van der Waals surface area contributed by atoms with Crippen LogP contribution in [-0.2, 0) is 9.59 Å². The third-order valence-corrected chi connectivity index (χ3v) is 4.08. The van der Waals surface area contributed by atoms with Crippen molar-refractivity contribution in [1.82, 2.24) is 10.7 Å². The molecule has 1 saturated heterocycles. The highest BCUT2D eigenvalue weighted by Gasteiger charge is 2.40. The number of barbiturate groups is 1. The molecule has 5 amide bonds. The molecule has 0 saturated carbocycles. The molecule has 142 valence electrons. The summed E-state index contributed by atoms with van der Waals surface area (Å²) in [6, 6.07) is 10.8. The average molecular weight is 401 g/mol. The molecule has 1 atom stereocenters. The monoisotopic (exact) mass is 400 g/mol. The molecule has 1 heterocycles. The standard InChI is InChI=1S/C18H13ClN4O5/c19-10-5-7-11(8-6-10)23-17(27)13(15(25)21-18(23)28)9-20-22-16(26)12-3-1-2-4-14(12)24/h1-9,13,24H,(H,22,26)(H,21,25,28)/b20-9-/t13-/m0/s1. The molecule has 0 aromatic heterocycles. The molecule has 0 aliphatic carbocycles. The molecule has 2 aromatic carbocycles. The molecule has 9 nitrogen and oxygen atoms in total. The highest BCUT2D eigenvalue weighted by atomic mass is 35.5. The van der Waals surface area contributed by atoms with Crippen LogP contribution in [-0.4, -0.2) is 35.1 Å². The molecule has 1 aliphatic rings. The Morgan fingerprint density at radius 3 is 2.50 bits per heavy atom. The number of imide groups is 2. The normalized spacial score (nSPS) is 17.0. The minimum atomic E-state index is -1.43. The van der Waals surface area contributed by atoms with Crippen LogP contribution >= 0.6 is 11.6 Å². The van der Waals surface area contributed by atoms with E-state index in [-0.39, 0.29) is 17.0 Å². The molecule has 1 aliphatic heterocycles. The Balaban J connectivity index is 1.76. The topological polar surface area (TPSA) is 128 Å². The number of hydrogen-bond donors (Lipinski definition) is 3. The first-order valence-electron chi connectivity index (χ1n) is 7.94. The maximum atomic E-state index is 12.6. The zero-order valence-corrected chi connectivity index (χ0v) is 14.9. The van der Waals surface area contributed by atoms with E-state index in [2.05, 4.69) is 15.8 Å². The number of urea groups is 1. The Morgan fingerprint density at radius 1 is 1.14 bits per heavy atom. The van der Waals surface area contributed by atoms with E-state index in [0.717, 1.165) is 11.1 Å². The molecule has 3 rings (SSSR count). The molecule has 0 radical (unpaired) electrons. The van der Waals surface area contributed by atoms with Crippen molar-refractivity contribution in [1.29, 1.82) is 0 Å². The van der Waals surface area contributed by atoms with Crippen molar-refractivity contribution in [3.05, 3.63) is 59.1 Å². The van der Waals surface area contributed by atoms with Crippen LogP contribution in [0.15, 0.2) is 53.6 Å². The molecule has 28 heavy (non-hydrogen) atoms. The van der Waals surface area contributed by atoms with Crippen molar-refractivity contribution in [3.63, 3.8) is 0 Å². The quantitative estimate of drug-likeness (QED) is 0.408. The molecule has 1 fully saturated rings. The van der Waals surface area contributed by atoms with Gasteiger partial charge in [0.15, 0.2) is 5.92 Å². The van der Waals surface area contributed by atoms with Crippen LogP contribution in [0.1, 0.15) is 10.4 Å². The van der Waals surface area contributed by atoms with E-state index >= 15 is 0 Å². The summed E-state index contributed by atoms with van der Waals surface area (Å²) in [5.41, 5.74) is 2.31. The summed E-state index contributed by atoms with van der Waals surface area (Å²) < 4.78 is 0. The van der Waals surface area contributed by atoms with Crippen LogP contribution in [0.3, 0.4) is 0 Å². The highest BCUT2D eigenvalue weighted by molar-refractivity contribution is 6.33. The van der Waals surface area contributed by atoms with Crippen molar-refractivity contribution >= 4 is 47.3 Å². The fraction of sp³-hybridized carbons (Fsp3) is 0.0556. The number of carbonyl (C=O) groups excluding carboxylic acids is 4. The van der Waals surface area contributed by atoms with Crippen LogP contribution in [0.4, 0.5) is 10.5 Å². The Bertz CT molecular complexity index is 990. The highest BCUT2D eigenvalue weighted by Crippen LogP contribution is 2.22. The number of amides is 5. The van der Waals surface area contributed by atoms with Crippen molar-refractivity contribution < 1.29 is 24.3 Å². The maximum absolute atomic E-state index is 12.6. The van der Waals surface area contributed by atoms with Gasteiger partial charge in [0.1, 0.15) is 5.75 Å². The first kappa shape index (κ1) is 19.1. The lowest BCUT2D eigenvalue weighted by Gasteiger charge is -2.28. The number of phenolic OH excluding ortho intramolecular Hbond substituents is 1. The lowest BCUT2D eigenvalue weighted by molar-refractivity contribution is -0.131. The van der Waals surface area contributed by atoms with E-state index in [0.29, 0.717) is 5.02 Å². The van der Waals surface area contributed by atoms with Crippen LogP contribution < -0.4 is 15.6 Å². The van der Waals surface area contributed by atoms with Gasteiger partial charge in [0.05, 0.1) is 11.3 Å². The molecular formula is C18H13ClN4O5. The number of rotatable bonds is 4.